The van der Waals surface area contributed by atoms with E-state index in [1.165, 1.54) is 0 Å². The Morgan fingerprint density at radius 2 is 1.87 bits per heavy atom. The average Bonchev–Trinajstić information content (AvgIpc) is 2.38. The first-order valence-electron chi connectivity index (χ1n) is 5.76. The zero-order chi connectivity index (χ0) is 17.9. The summed E-state index contributed by atoms with van der Waals surface area (Å²) in [6.45, 7) is 2.19. The van der Waals surface area contributed by atoms with Gasteiger partial charge in [-0.15, -0.1) is 10.2 Å². The third-order valence-electron chi connectivity index (χ3n) is 2.46. The summed E-state index contributed by atoms with van der Waals surface area (Å²) >= 11 is 0. The lowest BCUT2D eigenvalue weighted by molar-refractivity contribution is -0.385. The second-order valence-corrected chi connectivity index (χ2v) is 5.62. The number of allylic oxidation sites excluding steroid dienone is 2. The van der Waals surface area contributed by atoms with Gasteiger partial charge in [0.15, 0.2) is 17.2 Å². The minimum Gasteiger partial charge on any atom is -0.510 e. The molecule has 1 aromatic rings. The van der Waals surface area contributed by atoms with Crippen molar-refractivity contribution in [3.05, 3.63) is 33.7 Å². The van der Waals surface area contributed by atoms with Gasteiger partial charge < -0.3 is 10.2 Å². The third-order valence-corrected chi connectivity index (χ3v) is 3.33. The van der Waals surface area contributed by atoms with Crippen LogP contribution in [0.15, 0.2) is 38.7 Å². The fourth-order valence-corrected chi connectivity index (χ4v) is 2.08. The molecule has 1 rings (SSSR count). The number of hydrogen-bond donors (Lipinski definition) is 3. The second kappa shape index (κ2) is 6.50. The number of azo groups is 1. The molecule has 0 aromatic heterocycles. The number of aliphatic hydroxyl groups excluding tert-OH is 1. The number of carbonyl (C=O) groups excluding carboxylic acids is 1. The van der Waals surface area contributed by atoms with Gasteiger partial charge in [0, 0.05) is 19.1 Å². The van der Waals surface area contributed by atoms with E-state index in [1.54, 1.807) is 0 Å². The number of non-ortho nitro benzene ring substituents is 1. The van der Waals surface area contributed by atoms with Gasteiger partial charge in [0.1, 0.15) is 16.3 Å². The monoisotopic (exact) mass is 345 g/mol. The molecule has 0 fully saturated rings. The SMILES string of the molecule is CC(=O)/C(N=Nc1cc([N+](=O)[O-])cc(S(=O)(=O)O)c1O)=C(\C)O. The summed E-state index contributed by atoms with van der Waals surface area (Å²) in [5.41, 5.74) is -1.98. The van der Waals surface area contributed by atoms with Crippen LogP contribution in [0.1, 0.15) is 13.8 Å². The molecule has 0 amide bonds. The standard InChI is InChI=1S/C11H11N3O8S/c1-5(15)10(6(2)16)13-12-8-3-7(14(18)19)4-9(11(8)17)23(20,21)22/h3-4,15,17H,1-2H3,(H,20,21,22)/b10-5-,13-12?. The molecule has 0 saturated heterocycles. The van der Waals surface area contributed by atoms with Crippen molar-refractivity contribution in [1.82, 2.24) is 0 Å². The Morgan fingerprint density at radius 1 is 1.30 bits per heavy atom. The molecule has 0 radical (unpaired) electrons. The van der Waals surface area contributed by atoms with Crippen molar-refractivity contribution in [3.8, 4) is 5.75 Å². The summed E-state index contributed by atoms with van der Waals surface area (Å²) in [7, 11) is -4.97. The number of phenols is 1. The summed E-state index contributed by atoms with van der Waals surface area (Å²) in [6, 6.07) is 1.11. The van der Waals surface area contributed by atoms with E-state index in [2.05, 4.69) is 10.2 Å². The lowest BCUT2D eigenvalue weighted by atomic mass is 10.2. The van der Waals surface area contributed by atoms with E-state index in [0.717, 1.165) is 13.8 Å². The van der Waals surface area contributed by atoms with Gasteiger partial charge in [-0.2, -0.15) is 8.42 Å². The van der Waals surface area contributed by atoms with Crippen LogP contribution in [0.5, 0.6) is 5.75 Å². The molecule has 0 unspecified atom stereocenters. The summed E-state index contributed by atoms with van der Waals surface area (Å²) in [5, 5.41) is 36.4. The predicted molar refractivity (Wildman–Crippen MR) is 75.1 cm³/mol. The highest BCUT2D eigenvalue weighted by Crippen LogP contribution is 2.37. The number of nitro groups is 1. The third kappa shape index (κ3) is 4.31. The number of aromatic hydroxyl groups is 1. The molecule has 11 nitrogen and oxygen atoms in total. The maximum Gasteiger partial charge on any atom is 0.298 e. The van der Waals surface area contributed by atoms with E-state index in [1.807, 2.05) is 0 Å². The zero-order valence-corrected chi connectivity index (χ0v) is 12.6. The number of ketones is 1. The number of hydrogen-bond acceptors (Lipinski definition) is 9. The van der Waals surface area contributed by atoms with Crippen molar-refractivity contribution < 1.29 is 32.9 Å². The molecule has 0 aliphatic carbocycles. The molecule has 124 valence electrons. The maximum atomic E-state index is 11.2. The van der Waals surface area contributed by atoms with Crippen LogP contribution in [0.3, 0.4) is 0 Å². The Hall–Kier alpha value is -2.86. The van der Waals surface area contributed by atoms with Crippen LogP contribution in [0.25, 0.3) is 0 Å². The van der Waals surface area contributed by atoms with Crippen LogP contribution >= 0.6 is 0 Å². The Bertz CT molecular complexity index is 837. The van der Waals surface area contributed by atoms with Crippen LogP contribution in [0, 0.1) is 10.1 Å². The lowest BCUT2D eigenvalue weighted by Crippen LogP contribution is -2.00. The van der Waals surface area contributed by atoms with Crippen molar-refractivity contribution in [2.24, 2.45) is 10.2 Å². The Kier molecular flexibility index (Phi) is 5.14. The van der Waals surface area contributed by atoms with Crippen molar-refractivity contribution in [3.63, 3.8) is 0 Å². The summed E-state index contributed by atoms with van der Waals surface area (Å²) in [5.74, 6) is -2.28. The zero-order valence-electron chi connectivity index (χ0n) is 11.8. The molecule has 0 heterocycles. The molecule has 3 N–H and O–H groups in total. The first-order chi connectivity index (χ1) is 10.4. The van der Waals surface area contributed by atoms with Crippen molar-refractivity contribution in [1.29, 1.82) is 0 Å². The molecule has 0 aliphatic heterocycles. The number of rotatable bonds is 5. The predicted octanol–water partition coefficient (Wildman–Crippen LogP) is 2.01. The number of nitro benzene ring substituents is 1. The Morgan fingerprint density at radius 3 is 2.26 bits per heavy atom. The summed E-state index contributed by atoms with van der Waals surface area (Å²) < 4.78 is 31.2. The van der Waals surface area contributed by atoms with Gasteiger partial charge in [0.05, 0.1) is 4.92 Å². The lowest BCUT2D eigenvalue weighted by Gasteiger charge is -2.04. The molecule has 12 heteroatoms. The second-order valence-electron chi connectivity index (χ2n) is 4.23. The van der Waals surface area contributed by atoms with Crippen molar-refractivity contribution in [2.75, 3.05) is 0 Å². The molecular weight excluding hydrogens is 334 g/mol. The Labute approximate surface area is 129 Å². The first-order valence-corrected chi connectivity index (χ1v) is 7.20. The fraction of sp³-hybridized carbons (Fsp3) is 0.182. The van der Waals surface area contributed by atoms with E-state index in [9.17, 15) is 33.5 Å². The number of phenolic OH excluding ortho intramolecular Hbond substituents is 1. The highest BCUT2D eigenvalue weighted by atomic mass is 32.2. The molecule has 0 atom stereocenters. The Balaban J connectivity index is 3.60. The average molecular weight is 345 g/mol. The molecule has 0 spiro atoms. The van der Waals surface area contributed by atoms with E-state index < -0.39 is 54.3 Å². The van der Waals surface area contributed by atoms with Crippen molar-refractivity contribution in [2.45, 2.75) is 18.7 Å². The highest BCUT2D eigenvalue weighted by Gasteiger charge is 2.24. The van der Waals surface area contributed by atoms with E-state index in [4.69, 9.17) is 4.55 Å². The van der Waals surface area contributed by atoms with Crippen LogP contribution in [-0.2, 0) is 14.9 Å². The molecule has 23 heavy (non-hydrogen) atoms. The molecular formula is C11H11N3O8S. The largest absolute Gasteiger partial charge is 0.510 e. The van der Waals surface area contributed by atoms with Gasteiger partial charge in [-0.1, -0.05) is 0 Å². The summed E-state index contributed by atoms with van der Waals surface area (Å²) in [6.07, 6.45) is 0. The topological polar surface area (TPSA) is 180 Å². The van der Waals surface area contributed by atoms with Crippen LogP contribution in [0.2, 0.25) is 0 Å². The van der Waals surface area contributed by atoms with Gasteiger partial charge in [-0.05, 0) is 6.92 Å². The minimum atomic E-state index is -4.97. The number of benzene rings is 1. The first kappa shape index (κ1) is 18.2. The van der Waals surface area contributed by atoms with Crippen LogP contribution in [-0.4, -0.2) is 33.9 Å². The maximum absolute atomic E-state index is 11.2. The van der Waals surface area contributed by atoms with Gasteiger partial charge in [-0.3, -0.25) is 19.5 Å². The number of Topliss-reactive ketones (excluding diaryl/α,β-unsaturated/α-hetero) is 1. The quantitative estimate of drug-likeness (QED) is 0.181. The van der Waals surface area contributed by atoms with Crippen molar-refractivity contribution >= 4 is 27.3 Å². The van der Waals surface area contributed by atoms with Gasteiger partial charge >= 0.3 is 0 Å². The molecule has 1 aromatic carbocycles. The number of nitrogens with zero attached hydrogens (tertiary/aromatic N) is 3. The summed E-state index contributed by atoms with van der Waals surface area (Å²) in [4.78, 5) is 19.9. The normalized spacial score (nSPS) is 13.0. The van der Waals surface area contributed by atoms with Crippen LogP contribution in [0.4, 0.5) is 11.4 Å². The fourth-order valence-electron chi connectivity index (χ4n) is 1.46. The molecule has 0 bridgehead atoms. The van der Waals surface area contributed by atoms with E-state index in [0.29, 0.717) is 12.1 Å². The minimum absolute atomic E-state index is 0.433. The van der Waals surface area contributed by atoms with E-state index >= 15 is 0 Å². The van der Waals surface area contributed by atoms with Gasteiger partial charge in [0.25, 0.3) is 15.8 Å². The van der Waals surface area contributed by atoms with Gasteiger partial charge in [0.2, 0.25) is 0 Å². The molecule has 0 saturated carbocycles. The van der Waals surface area contributed by atoms with E-state index in [-0.39, 0.29) is 0 Å². The smallest absolute Gasteiger partial charge is 0.298 e. The number of carbonyl (C=O) groups is 1. The van der Waals surface area contributed by atoms with Crippen LogP contribution < -0.4 is 0 Å². The van der Waals surface area contributed by atoms with Gasteiger partial charge in [-0.25, -0.2) is 0 Å². The molecule has 0 aliphatic rings. The highest BCUT2D eigenvalue weighted by molar-refractivity contribution is 7.86. The number of aliphatic hydroxyl groups is 1.